The zero-order valence-corrected chi connectivity index (χ0v) is 22.9. The van der Waals surface area contributed by atoms with E-state index in [1.807, 2.05) is 26.8 Å². The highest BCUT2D eigenvalue weighted by atomic mass is 16.7. The number of rotatable bonds is 4. The fourth-order valence-corrected chi connectivity index (χ4v) is 9.20. The van der Waals surface area contributed by atoms with Gasteiger partial charge in [0.1, 0.15) is 0 Å². The van der Waals surface area contributed by atoms with Gasteiger partial charge in [-0.3, -0.25) is 4.79 Å². The smallest absolute Gasteiger partial charge is 0.330 e. The summed E-state index contributed by atoms with van der Waals surface area (Å²) in [6, 6.07) is 0. The molecule has 0 radical (unpaired) electrons. The van der Waals surface area contributed by atoms with E-state index in [2.05, 4.69) is 13.8 Å². The lowest BCUT2D eigenvalue weighted by Gasteiger charge is -2.64. The molecule has 1 N–H and O–H groups in total. The third-order valence-electron chi connectivity index (χ3n) is 11.4. The lowest BCUT2D eigenvalue weighted by atomic mass is 9.43. The van der Waals surface area contributed by atoms with Gasteiger partial charge in [-0.1, -0.05) is 19.9 Å². The summed E-state index contributed by atoms with van der Waals surface area (Å²) in [5, 5.41) is 12.4. The lowest BCUT2D eigenvalue weighted by Crippen LogP contribution is -2.62. The minimum Gasteiger partial charge on any atom is -0.462 e. The van der Waals surface area contributed by atoms with Crippen molar-refractivity contribution in [2.45, 2.75) is 104 Å². The number of hydrogen-bond acceptors (Lipinski definition) is 6. The minimum atomic E-state index is -0.641. The van der Waals surface area contributed by atoms with Crippen LogP contribution in [0.25, 0.3) is 0 Å². The van der Waals surface area contributed by atoms with Gasteiger partial charge in [-0.15, -0.1) is 0 Å². The van der Waals surface area contributed by atoms with Crippen molar-refractivity contribution < 1.29 is 28.9 Å². The van der Waals surface area contributed by atoms with Gasteiger partial charge in [-0.25, -0.2) is 4.79 Å². The standard InChI is InChI=1S/C30H46O6/c1-27(2,3)26(32)36-18-35-21-10-13-28(4)20(16-21)7-8-24-23(28)11-14-29(5)22(12-15-30(24,29)33)19-6-9-25(31)34-17-19/h6,9,19-24,33H,7-8,10-18H2,1-5H3/t19?,20-,21+,22-,23+,24-,28+,29-,30+/m1/s1. The Morgan fingerprint density at radius 2 is 1.81 bits per heavy atom. The van der Waals surface area contributed by atoms with E-state index in [-0.39, 0.29) is 41.6 Å². The Labute approximate surface area is 216 Å². The van der Waals surface area contributed by atoms with Gasteiger partial charge in [-0.05, 0) is 108 Å². The number of ether oxygens (including phenoxy) is 3. The first kappa shape index (κ1) is 26.2. The normalized spacial score (nSPS) is 46.3. The molecule has 5 rings (SSSR count). The van der Waals surface area contributed by atoms with E-state index in [9.17, 15) is 14.7 Å². The average molecular weight is 503 g/mol. The van der Waals surface area contributed by atoms with Crippen molar-refractivity contribution in [2.24, 2.45) is 45.8 Å². The Morgan fingerprint density at radius 1 is 1.06 bits per heavy atom. The molecule has 4 fully saturated rings. The van der Waals surface area contributed by atoms with Crippen LogP contribution >= 0.6 is 0 Å². The van der Waals surface area contributed by atoms with E-state index in [0.29, 0.717) is 30.3 Å². The quantitative estimate of drug-likeness (QED) is 0.408. The Kier molecular flexibility index (Phi) is 6.64. The van der Waals surface area contributed by atoms with Crippen molar-refractivity contribution in [3.63, 3.8) is 0 Å². The predicted octanol–water partition coefficient (Wildman–Crippen LogP) is 5.42. The van der Waals surface area contributed by atoms with Crippen molar-refractivity contribution in [2.75, 3.05) is 13.4 Å². The predicted molar refractivity (Wildman–Crippen MR) is 136 cm³/mol. The molecule has 6 nitrogen and oxygen atoms in total. The topological polar surface area (TPSA) is 82.1 Å². The van der Waals surface area contributed by atoms with Crippen LogP contribution in [0.4, 0.5) is 0 Å². The third-order valence-corrected chi connectivity index (χ3v) is 11.4. The van der Waals surface area contributed by atoms with Crippen molar-refractivity contribution in [3.05, 3.63) is 12.2 Å². The van der Waals surface area contributed by atoms with Crippen LogP contribution in [0.15, 0.2) is 12.2 Å². The summed E-state index contributed by atoms with van der Waals surface area (Å²) in [6.45, 7) is 10.9. The third kappa shape index (κ3) is 4.15. The Hall–Kier alpha value is -1.40. The Bertz CT molecular complexity index is 906. The number of cyclic esters (lactones) is 1. The van der Waals surface area contributed by atoms with Gasteiger partial charge in [-0.2, -0.15) is 0 Å². The molecule has 0 aromatic heterocycles. The van der Waals surface area contributed by atoms with E-state index in [4.69, 9.17) is 14.2 Å². The van der Waals surface area contributed by atoms with E-state index in [0.717, 1.165) is 57.8 Å². The van der Waals surface area contributed by atoms with Gasteiger partial charge in [0.25, 0.3) is 0 Å². The summed E-state index contributed by atoms with van der Waals surface area (Å²) in [4.78, 5) is 23.6. The molecule has 0 bridgehead atoms. The highest BCUT2D eigenvalue weighted by Crippen LogP contribution is 2.70. The Balaban J connectivity index is 1.25. The van der Waals surface area contributed by atoms with Crippen LogP contribution in [-0.4, -0.2) is 42.1 Å². The van der Waals surface area contributed by atoms with Gasteiger partial charge in [0.05, 0.1) is 23.7 Å². The lowest BCUT2D eigenvalue weighted by molar-refractivity contribution is -0.218. The maximum absolute atomic E-state index is 12.4. The highest BCUT2D eigenvalue weighted by Gasteiger charge is 2.67. The summed E-state index contributed by atoms with van der Waals surface area (Å²) in [5.74, 6) is 1.56. The summed E-state index contributed by atoms with van der Waals surface area (Å²) >= 11 is 0. The van der Waals surface area contributed by atoms with Gasteiger partial charge in [0, 0.05) is 17.4 Å². The van der Waals surface area contributed by atoms with E-state index in [1.54, 1.807) is 6.08 Å². The van der Waals surface area contributed by atoms with Crippen LogP contribution in [0.5, 0.6) is 0 Å². The number of carbonyl (C=O) groups excluding carboxylic acids is 2. The molecule has 4 aliphatic carbocycles. The molecule has 0 spiro atoms. The first-order chi connectivity index (χ1) is 16.9. The zero-order valence-electron chi connectivity index (χ0n) is 22.9. The molecule has 0 aromatic carbocycles. The number of fused-ring (bicyclic) bond motifs is 5. The van der Waals surface area contributed by atoms with Crippen LogP contribution in [0, 0.1) is 45.8 Å². The van der Waals surface area contributed by atoms with E-state index >= 15 is 0 Å². The molecule has 0 saturated heterocycles. The average Bonchev–Trinajstić information content (AvgIpc) is 3.10. The number of aliphatic hydroxyl groups is 1. The van der Waals surface area contributed by atoms with Crippen molar-refractivity contribution in [1.29, 1.82) is 0 Å². The molecule has 1 unspecified atom stereocenters. The second-order valence-corrected chi connectivity index (χ2v) is 14.0. The van der Waals surface area contributed by atoms with E-state index < -0.39 is 11.0 Å². The Morgan fingerprint density at radius 3 is 2.50 bits per heavy atom. The number of hydrogen-bond donors (Lipinski definition) is 1. The minimum absolute atomic E-state index is 0.0423. The van der Waals surface area contributed by atoms with Crippen LogP contribution in [0.2, 0.25) is 0 Å². The molecule has 6 heteroatoms. The largest absolute Gasteiger partial charge is 0.462 e. The van der Waals surface area contributed by atoms with Crippen molar-refractivity contribution in [1.82, 2.24) is 0 Å². The summed E-state index contributed by atoms with van der Waals surface area (Å²) in [5.41, 5.74) is -1.06. The van der Waals surface area contributed by atoms with E-state index in [1.165, 1.54) is 0 Å². The maximum Gasteiger partial charge on any atom is 0.330 e. The fourth-order valence-electron chi connectivity index (χ4n) is 9.20. The molecule has 0 amide bonds. The molecule has 4 saturated carbocycles. The SMILES string of the molecule is CC(C)(C)C(=O)OCO[C@H]1CC[C@@]2(C)[C@H](CC[C@@H]3[C@@H]2CC[C@]2(C)[C@@H](C4C=CC(=O)OC4)CC[C@]32O)C1. The molecule has 36 heavy (non-hydrogen) atoms. The molecular weight excluding hydrogens is 456 g/mol. The zero-order chi connectivity index (χ0) is 25.9. The molecule has 1 aliphatic heterocycles. The number of esters is 2. The first-order valence-corrected chi connectivity index (χ1v) is 14.2. The van der Waals surface area contributed by atoms with Gasteiger partial charge < -0.3 is 19.3 Å². The molecular formula is C30H46O6. The van der Waals surface area contributed by atoms with Crippen LogP contribution in [0.3, 0.4) is 0 Å². The second-order valence-electron chi connectivity index (χ2n) is 14.0. The second kappa shape index (κ2) is 9.11. The fraction of sp³-hybridized carbons (Fsp3) is 0.867. The van der Waals surface area contributed by atoms with Crippen molar-refractivity contribution >= 4 is 11.9 Å². The molecule has 5 aliphatic rings. The molecule has 9 atom stereocenters. The van der Waals surface area contributed by atoms with Crippen molar-refractivity contribution in [3.8, 4) is 0 Å². The summed E-state index contributed by atoms with van der Waals surface area (Å²) < 4.78 is 16.8. The van der Waals surface area contributed by atoms with Gasteiger partial charge in [0.2, 0.25) is 0 Å². The summed E-state index contributed by atoms with van der Waals surface area (Å²) in [7, 11) is 0. The van der Waals surface area contributed by atoms with Crippen LogP contribution in [0.1, 0.15) is 92.4 Å². The van der Waals surface area contributed by atoms with Crippen LogP contribution < -0.4 is 0 Å². The molecule has 1 heterocycles. The highest BCUT2D eigenvalue weighted by molar-refractivity contribution is 5.82. The van der Waals surface area contributed by atoms with Gasteiger partial charge in [0.15, 0.2) is 6.79 Å². The maximum atomic E-state index is 12.4. The first-order valence-electron chi connectivity index (χ1n) is 14.2. The summed E-state index contributed by atoms with van der Waals surface area (Å²) in [6.07, 6.45) is 13.1. The van der Waals surface area contributed by atoms with Crippen LogP contribution in [-0.2, 0) is 23.8 Å². The monoisotopic (exact) mass is 502 g/mol. The molecule has 0 aromatic rings. The molecule has 202 valence electrons. The van der Waals surface area contributed by atoms with Gasteiger partial charge >= 0.3 is 11.9 Å². The number of carbonyl (C=O) groups is 2.